The van der Waals surface area contributed by atoms with E-state index >= 15 is 0 Å². The molecule has 5 rings (SSSR count). The van der Waals surface area contributed by atoms with Crippen LogP contribution in [0.1, 0.15) is 12.2 Å². The predicted octanol–water partition coefficient (Wildman–Crippen LogP) is 2.75. The average molecular weight is 500 g/mol. The van der Waals surface area contributed by atoms with Crippen molar-refractivity contribution in [2.24, 2.45) is 0 Å². The second kappa shape index (κ2) is 8.71. The molecule has 1 saturated heterocycles. The van der Waals surface area contributed by atoms with Gasteiger partial charge in [0.2, 0.25) is 11.5 Å². The van der Waals surface area contributed by atoms with Gasteiger partial charge in [0.1, 0.15) is 12.2 Å². The number of likely N-dealkylation sites (N-methyl/N-ethyl adjacent to an activating group) is 1. The molecule has 14 heteroatoms. The number of hydrogen-bond donors (Lipinski definition) is 2. The molecular formula is C22H19F3N8O3. The lowest BCUT2D eigenvalue weighted by Crippen LogP contribution is -2.35. The van der Waals surface area contributed by atoms with Gasteiger partial charge in [-0.05, 0) is 18.2 Å². The van der Waals surface area contributed by atoms with Crippen molar-refractivity contribution in [1.82, 2.24) is 34.8 Å². The Morgan fingerprint density at radius 2 is 1.92 bits per heavy atom. The number of nitrogens with zero attached hydrogens (tertiary/aromatic N) is 7. The van der Waals surface area contributed by atoms with Crippen LogP contribution in [0.4, 0.5) is 24.8 Å². The van der Waals surface area contributed by atoms with Gasteiger partial charge in [0.05, 0.1) is 29.0 Å². The monoisotopic (exact) mass is 500 g/mol. The Morgan fingerprint density at radius 3 is 2.64 bits per heavy atom. The minimum absolute atomic E-state index is 0.0404. The van der Waals surface area contributed by atoms with Crippen molar-refractivity contribution in [3.8, 4) is 22.8 Å². The maximum atomic E-state index is 12.6. The molecule has 11 nitrogen and oxygen atoms in total. The molecule has 0 bridgehead atoms. The molecular weight excluding hydrogens is 481 g/mol. The van der Waals surface area contributed by atoms with E-state index in [4.69, 9.17) is 4.52 Å². The van der Waals surface area contributed by atoms with E-state index in [1.807, 2.05) is 0 Å². The normalized spacial score (nSPS) is 18.1. The number of aromatic nitrogens is 6. The molecule has 1 fully saturated rings. The molecule has 0 aliphatic carbocycles. The van der Waals surface area contributed by atoms with Crippen molar-refractivity contribution in [3.63, 3.8) is 0 Å². The smallest absolute Gasteiger partial charge is 0.373 e. The van der Waals surface area contributed by atoms with Gasteiger partial charge < -0.3 is 19.8 Å². The number of aliphatic hydroxyl groups is 1. The van der Waals surface area contributed by atoms with E-state index in [2.05, 4.69) is 30.5 Å². The zero-order valence-electron chi connectivity index (χ0n) is 18.8. The fraction of sp³-hybridized carbons (Fsp3) is 0.273. The molecule has 4 aromatic heterocycles. The van der Waals surface area contributed by atoms with Gasteiger partial charge in [-0.3, -0.25) is 9.48 Å². The summed E-state index contributed by atoms with van der Waals surface area (Å²) in [6.07, 6.45) is -0.280. The summed E-state index contributed by atoms with van der Waals surface area (Å²) >= 11 is 0. The van der Waals surface area contributed by atoms with Gasteiger partial charge in [-0.2, -0.15) is 18.3 Å². The zero-order chi connectivity index (χ0) is 25.5. The Labute approximate surface area is 201 Å². The maximum Gasteiger partial charge on any atom is 0.408 e. The van der Waals surface area contributed by atoms with Gasteiger partial charge in [0, 0.05) is 38.5 Å². The molecule has 186 valence electrons. The molecule has 0 unspecified atom stereocenters. The number of halogens is 3. The standard InChI is InChI=1S/C22H19F3N8O3/c1-32-8-6-21(35,19(32)34)18-9-17(31-36-18)15-4-2-3-14(29-15)16-5-7-26-20(30-16)28-13-10-27-33(11-13)12-22(23,24)25/h2-5,7,9-11,35H,6,8,12H2,1H3,(H,26,28,30)/t21-/m1/s1. The highest BCUT2D eigenvalue weighted by atomic mass is 19.4. The minimum atomic E-state index is -4.39. The van der Waals surface area contributed by atoms with E-state index in [9.17, 15) is 23.1 Å². The lowest BCUT2D eigenvalue weighted by molar-refractivity contribution is -0.145. The number of pyridine rings is 1. The van der Waals surface area contributed by atoms with E-state index in [1.165, 1.54) is 29.6 Å². The van der Waals surface area contributed by atoms with Crippen LogP contribution in [0.25, 0.3) is 22.8 Å². The van der Waals surface area contributed by atoms with Crippen molar-refractivity contribution in [1.29, 1.82) is 0 Å². The van der Waals surface area contributed by atoms with Crippen molar-refractivity contribution in [3.05, 3.63) is 54.7 Å². The van der Waals surface area contributed by atoms with Crippen LogP contribution in [0.3, 0.4) is 0 Å². The molecule has 1 atom stereocenters. The number of nitrogens with one attached hydrogen (secondary N) is 1. The Bertz CT molecular complexity index is 1420. The van der Waals surface area contributed by atoms with Crippen LogP contribution in [-0.2, 0) is 16.9 Å². The quantitative estimate of drug-likeness (QED) is 0.410. The van der Waals surface area contributed by atoms with Crippen molar-refractivity contribution >= 4 is 17.5 Å². The lowest BCUT2D eigenvalue weighted by Gasteiger charge is -2.16. The number of alkyl halides is 3. The van der Waals surface area contributed by atoms with Crippen molar-refractivity contribution in [2.75, 3.05) is 18.9 Å². The summed E-state index contributed by atoms with van der Waals surface area (Å²) < 4.78 is 43.7. The molecule has 1 aliphatic heterocycles. The first-order valence-electron chi connectivity index (χ1n) is 10.7. The van der Waals surface area contributed by atoms with Crippen LogP contribution in [0.5, 0.6) is 0 Å². The van der Waals surface area contributed by atoms with E-state index < -0.39 is 24.2 Å². The van der Waals surface area contributed by atoms with E-state index in [0.29, 0.717) is 35.0 Å². The van der Waals surface area contributed by atoms with Crippen LogP contribution in [0, 0.1) is 0 Å². The summed E-state index contributed by atoms with van der Waals surface area (Å²) in [7, 11) is 1.60. The summed E-state index contributed by atoms with van der Waals surface area (Å²) in [5, 5.41) is 21.2. The summed E-state index contributed by atoms with van der Waals surface area (Å²) in [6, 6.07) is 8.23. The van der Waals surface area contributed by atoms with Crippen LogP contribution < -0.4 is 5.32 Å². The fourth-order valence-electron chi connectivity index (χ4n) is 3.78. The molecule has 2 N–H and O–H groups in total. The van der Waals surface area contributed by atoms with E-state index in [1.54, 1.807) is 31.3 Å². The van der Waals surface area contributed by atoms with Gasteiger partial charge in [-0.1, -0.05) is 11.2 Å². The minimum Gasteiger partial charge on any atom is -0.373 e. The maximum absolute atomic E-state index is 12.6. The summed E-state index contributed by atoms with van der Waals surface area (Å²) in [5.41, 5.74) is 0.174. The third kappa shape index (κ3) is 4.62. The number of amides is 1. The number of carbonyl (C=O) groups excluding carboxylic acids is 1. The lowest BCUT2D eigenvalue weighted by atomic mass is 9.98. The highest BCUT2D eigenvalue weighted by Gasteiger charge is 2.48. The molecule has 0 spiro atoms. The molecule has 1 amide bonds. The molecule has 0 radical (unpaired) electrons. The number of rotatable bonds is 6. The molecule has 0 saturated carbocycles. The highest BCUT2D eigenvalue weighted by molar-refractivity contribution is 5.87. The molecule has 5 heterocycles. The largest absolute Gasteiger partial charge is 0.408 e. The van der Waals surface area contributed by atoms with Crippen molar-refractivity contribution < 1.29 is 27.6 Å². The number of carbonyl (C=O) groups is 1. The Kier molecular flexibility index (Phi) is 5.67. The van der Waals surface area contributed by atoms with Gasteiger partial charge >= 0.3 is 6.18 Å². The van der Waals surface area contributed by atoms with Crippen LogP contribution in [-0.4, -0.2) is 65.6 Å². The van der Waals surface area contributed by atoms with Gasteiger partial charge in [-0.25, -0.2) is 15.0 Å². The third-order valence-electron chi connectivity index (χ3n) is 5.59. The molecule has 0 aromatic carbocycles. The Balaban J connectivity index is 1.36. The topological polar surface area (TPSA) is 135 Å². The van der Waals surface area contributed by atoms with Crippen LogP contribution >= 0.6 is 0 Å². The fourth-order valence-corrected chi connectivity index (χ4v) is 3.78. The summed E-state index contributed by atoms with van der Waals surface area (Å²) in [5.74, 6) is -0.281. The Hall–Kier alpha value is -4.33. The first kappa shape index (κ1) is 23.4. The van der Waals surface area contributed by atoms with Gasteiger partial charge in [0.25, 0.3) is 5.91 Å². The first-order valence-corrected chi connectivity index (χ1v) is 10.7. The average Bonchev–Trinajstić information content (AvgIpc) is 3.56. The SMILES string of the molecule is CN1CC[C@@](O)(c2cc(-c3cccc(-c4ccnc(Nc5cnn(CC(F)(F)F)c5)n4)n3)no2)C1=O. The third-order valence-corrected chi connectivity index (χ3v) is 5.59. The number of hydrogen-bond acceptors (Lipinski definition) is 9. The Morgan fingerprint density at radius 1 is 1.17 bits per heavy atom. The van der Waals surface area contributed by atoms with E-state index in [0.717, 1.165) is 4.68 Å². The summed E-state index contributed by atoms with van der Waals surface area (Å²) in [6.45, 7) is -0.815. The van der Waals surface area contributed by atoms with Gasteiger partial charge in [-0.15, -0.1) is 0 Å². The number of likely N-dealkylation sites (tertiary alicyclic amines) is 1. The molecule has 1 aliphatic rings. The molecule has 4 aromatic rings. The van der Waals surface area contributed by atoms with Crippen LogP contribution in [0.15, 0.2) is 53.4 Å². The molecule has 36 heavy (non-hydrogen) atoms. The second-order valence-corrected chi connectivity index (χ2v) is 8.25. The van der Waals surface area contributed by atoms with E-state index in [-0.39, 0.29) is 18.1 Å². The highest BCUT2D eigenvalue weighted by Crippen LogP contribution is 2.34. The number of anilines is 2. The van der Waals surface area contributed by atoms with Crippen molar-refractivity contribution in [2.45, 2.75) is 24.7 Å². The van der Waals surface area contributed by atoms with Crippen LogP contribution in [0.2, 0.25) is 0 Å². The second-order valence-electron chi connectivity index (χ2n) is 8.25. The zero-order valence-corrected chi connectivity index (χ0v) is 18.8. The first-order chi connectivity index (χ1) is 17.1. The van der Waals surface area contributed by atoms with Gasteiger partial charge in [0.15, 0.2) is 5.76 Å². The summed E-state index contributed by atoms with van der Waals surface area (Å²) in [4.78, 5) is 26.8. The predicted molar refractivity (Wildman–Crippen MR) is 118 cm³/mol.